The van der Waals surface area contributed by atoms with E-state index in [4.69, 9.17) is 39.5 Å². The fourth-order valence-electron chi connectivity index (χ4n) is 2.47. The monoisotopic (exact) mass is 424 g/mol. The number of hydrogen-bond acceptors (Lipinski definition) is 4. The van der Waals surface area contributed by atoms with Crippen LogP contribution in [0.3, 0.4) is 0 Å². The minimum absolute atomic E-state index is 0.00291. The third-order valence-corrected chi connectivity index (χ3v) is 4.94. The van der Waals surface area contributed by atoms with Gasteiger partial charge in [0.05, 0.1) is 22.8 Å². The van der Waals surface area contributed by atoms with E-state index in [0.29, 0.717) is 38.0 Å². The lowest BCUT2D eigenvalue weighted by molar-refractivity contribution is 0.101. The molecule has 0 radical (unpaired) electrons. The van der Waals surface area contributed by atoms with Gasteiger partial charge in [-0.1, -0.05) is 40.9 Å². The normalized spacial score (nSPS) is 10.7. The number of nitrogens with one attached hydrogen (secondary N) is 1. The van der Waals surface area contributed by atoms with Gasteiger partial charge in [0.15, 0.2) is 0 Å². The highest BCUT2D eigenvalue weighted by atomic mass is 35.5. The number of anilines is 1. The number of carbonyl (C=O) groups is 1. The molecule has 27 heavy (non-hydrogen) atoms. The zero-order chi connectivity index (χ0) is 19.7. The van der Waals surface area contributed by atoms with Gasteiger partial charge in [0.25, 0.3) is 5.91 Å². The van der Waals surface area contributed by atoms with Crippen LogP contribution in [-0.2, 0) is 0 Å². The van der Waals surface area contributed by atoms with Gasteiger partial charge < -0.3 is 10.1 Å². The highest BCUT2D eigenvalue weighted by molar-refractivity contribution is 6.36. The van der Waals surface area contributed by atoms with E-state index in [1.807, 2.05) is 6.92 Å². The molecule has 0 atom stereocenters. The van der Waals surface area contributed by atoms with Crippen LogP contribution in [0.1, 0.15) is 22.0 Å². The van der Waals surface area contributed by atoms with E-state index < -0.39 is 5.91 Å². The molecule has 3 aromatic rings. The second-order valence-electron chi connectivity index (χ2n) is 5.70. The quantitative estimate of drug-likeness (QED) is 0.631. The number of ether oxygens (including phenoxy) is 1. The van der Waals surface area contributed by atoms with Gasteiger partial charge in [-0.3, -0.25) is 4.79 Å². The first kappa shape index (κ1) is 19.5. The molecule has 140 valence electrons. The van der Waals surface area contributed by atoms with Crippen LogP contribution in [0, 0.1) is 13.8 Å². The van der Waals surface area contributed by atoms with Crippen molar-refractivity contribution in [2.45, 2.75) is 13.8 Å². The Morgan fingerprint density at radius 3 is 2.56 bits per heavy atom. The van der Waals surface area contributed by atoms with Gasteiger partial charge in [-0.2, -0.15) is 0 Å². The van der Waals surface area contributed by atoms with E-state index in [1.165, 1.54) is 11.8 Å². The zero-order valence-corrected chi connectivity index (χ0v) is 16.9. The van der Waals surface area contributed by atoms with Gasteiger partial charge in [-0.05, 0) is 37.6 Å². The molecule has 1 heterocycles. The molecule has 1 aromatic heterocycles. The maximum atomic E-state index is 12.6. The smallest absolute Gasteiger partial charge is 0.295 e. The van der Waals surface area contributed by atoms with Crippen LogP contribution in [0.15, 0.2) is 30.3 Å². The summed E-state index contributed by atoms with van der Waals surface area (Å²) in [5, 5.41) is 8.32. The van der Waals surface area contributed by atoms with Crippen molar-refractivity contribution in [2.75, 3.05) is 12.4 Å². The third kappa shape index (κ3) is 3.88. The van der Waals surface area contributed by atoms with Crippen molar-refractivity contribution in [1.82, 2.24) is 14.8 Å². The molecule has 0 aliphatic rings. The van der Waals surface area contributed by atoms with Crippen molar-refractivity contribution < 1.29 is 9.53 Å². The Labute approximate surface area is 171 Å². The summed E-state index contributed by atoms with van der Waals surface area (Å²) in [4.78, 5) is 16.8. The summed E-state index contributed by atoms with van der Waals surface area (Å²) in [5.74, 6) is 0.455. The van der Waals surface area contributed by atoms with Crippen LogP contribution in [0.25, 0.3) is 5.69 Å². The Kier molecular flexibility index (Phi) is 5.60. The predicted molar refractivity (Wildman–Crippen MR) is 107 cm³/mol. The van der Waals surface area contributed by atoms with Crippen LogP contribution in [0.4, 0.5) is 5.69 Å². The van der Waals surface area contributed by atoms with Gasteiger partial charge in [0.1, 0.15) is 11.6 Å². The summed E-state index contributed by atoms with van der Waals surface area (Å²) in [6, 6.07) is 8.44. The van der Waals surface area contributed by atoms with Crippen LogP contribution in [-0.4, -0.2) is 27.8 Å². The molecular formula is C18H15Cl3N4O2. The molecule has 0 unspecified atom stereocenters. The largest absolute Gasteiger partial charge is 0.495 e. The van der Waals surface area contributed by atoms with Gasteiger partial charge in [0, 0.05) is 16.8 Å². The number of methoxy groups -OCH3 is 1. The molecule has 0 aliphatic heterocycles. The summed E-state index contributed by atoms with van der Waals surface area (Å²) in [6.45, 7) is 3.53. The maximum Gasteiger partial charge on any atom is 0.295 e. The van der Waals surface area contributed by atoms with E-state index >= 15 is 0 Å². The second kappa shape index (κ2) is 7.76. The van der Waals surface area contributed by atoms with E-state index in [1.54, 1.807) is 37.3 Å². The molecule has 2 aromatic carbocycles. The first-order valence-electron chi connectivity index (χ1n) is 7.85. The molecule has 0 aliphatic carbocycles. The van der Waals surface area contributed by atoms with E-state index in [-0.39, 0.29) is 5.82 Å². The highest BCUT2D eigenvalue weighted by Gasteiger charge is 2.19. The Hall–Kier alpha value is -2.28. The van der Waals surface area contributed by atoms with Crippen LogP contribution < -0.4 is 10.1 Å². The predicted octanol–water partition coefficient (Wildman–Crippen LogP) is 5.11. The molecule has 1 N–H and O–H groups in total. The first-order valence-corrected chi connectivity index (χ1v) is 8.98. The molecule has 1 amide bonds. The third-order valence-electron chi connectivity index (χ3n) is 3.94. The lowest BCUT2D eigenvalue weighted by atomic mass is 10.2. The highest BCUT2D eigenvalue weighted by Crippen LogP contribution is 2.33. The van der Waals surface area contributed by atoms with Crippen molar-refractivity contribution in [3.8, 4) is 11.4 Å². The molecular weight excluding hydrogens is 411 g/mol. The topological polar surface area (TPSA) is 69.0 Å². The molecule has 6 nitrogen and oxygen atoms in total. The van der Waals surface area contributed by atoms with Gasteiger partial charge >= 0.3 is 0 Å². The Bertz CT molecular complexity index is 1030. The summed E-state index contributed by atoms with van der Waals surface area (Å²) < 4.78 is 6.67. The molecule has 0 fully saturated rings. The number of nitrogens with zero attached hydrogens (tertiary/aromatic N) is 3. The van der Waals surface area contributed by atoms with Crippen molar-refractivity contribution in [3.05, 3.63) is 62.6 Å². The number of halogens is 3. The standard InChI is InChI=1S/C18H15Cl3N4O2/c1-9-11(19)5-4-6-14(9)23-18(26)17-22-10(2)25(24-17)15-8-16(27-3)13(21)7-12(15)20/h4-8H,1-3H3,(H,23,26). The number of aromatic nitrogens is 3. The molecule has 3 rings (SSSR count). The van der Waals surface area contributed by atoms with E-state index in [0.717, 1.165) is 5.56 Å². The Balaban J connectivity index is 1.95. The summed E-state index contributed by atoms with van der Waals surface area (Å²) in [7, 11) is 1.50. The molecule has 0 saturated carbocycles. The maximum absolute atomic E-state index is 12.6. The Morgan fingerprint density at radius 2 is 1.85 bits per heavy atom. The SMILES string of the molecule is COc1cc(-n2nc(C(=O)Nc3cccc(Cl)c3C)nc2C)c(Cl)cc1Cl. The Morgan fingerprint density at radius 1 is 1.11 bits per heavy atom. The van der Waals surface area contributed by atoms with Crippen LogP contribution in [0.2, 0.25) is 15.1 Å². The van der Waals surface area contributed by atoms with Crippen molar-refractivity contribution in [2.24, 2.45) is 0 Å². The van der Waals surface area contributed by atoms with Crippen molar-refractivity contribution in [1.29, 1.82) is 0 Å². The fraction of sp³-hybridized carbons (Fsp3) is 0.167. The van der Waals surface area contributed by atoms with E-state index in [2.05, 4.69) is 15.4 Å². The summed E-state index contributed by atoms with van der Waals surface area (Å²) >= 11 is 18.4. The lowest BCUT2D eigenvalue weighted by Gasteiger charge is -2.10. The van der Waals surface area contributed by atoms with Gasteiger partial charge in [-0.25, -0.2) is 9.67 Å². The molecule has 0 bridgehead atoms. The average Bonchev–Trinajstić information content (AvgIpc) is 3.01. The molecule has 9 heteroatoms. The van der Waals surface area contributed by atoms with Crippen molar-refractivity contribution >= 4 is 46.4 Å². The average molecular weight is 426 g/mol. The zero-order valence-electron chi connectivity index (χ0n) is 14.7. The minimum Gasteiger partial charge on any atom is -0.495 e. The van der Waals surface area contributed by atoms with Crippen LogP contribution >= 0.6 is 34.8 Å². The summed E-state index contributed by atoms with van der Waals surface area (Å²) in [6.07, 6.45) is 0. The fourth-order valence-corrected chi connectivity index (χ4v) is 3.19. The number of benzene rings is 2. The second-order valence-corrected chi connectivity index (χ2v) is 6.92. The number of rotatable bonds is 4. The number of carbonyl (C=O) groups excluding carboxylic acids is 1. The lowest BCUT2D eigenvalue weighted by Crippen LogP contribution is -2.15. The molecule has 0 spiro atoms. The minimum atomic E-state index is -0.459. The van der Waals surface area contributed by atoms with Crippen molar-refractivity contribution in [3.63, 3.8) is 0 Å². The number of amides is 1. The van der Waals surface area contributed by atoms with Crippen LogP contribution in [0.5, 0.6) is 5.75 Å². The number of aryl methyl sites for hydroxylation is 1. The van der Waals surface area contributed by atoms with Gasteiger partial charge in [-0.15, -0.1) is 5.10 Å². The van der Waals surface area contributed by atoms with Gasteiger partial charge in [0.2, 0.25) is 5.82 Å². The summed E-state index contributed by atoms with van der Waals surface area (Å²) in [5.41, 5.74) is 1.85. The first-order chi connectivity index (χ1) is 12.8. The number of hydrogen-bond donors (Lipinski definition) is 1. The molecule has 0 saturated heterocycles. The van der Waals surface area contributed by atoms with E-state index in [9.17, 15) is 4.79 Å².